The maximum atomic E-state index is 12.9. The summed E-state index contributed by atoms with van der Waals surface area (Å²) in [6.45, 7) is 7.25. The number of rotatable bonds is 2. The molecule has 142 valence electrons. The minimum atomic E-state index is 0.0385. The molecular formula is C21H20N4OS2. The molecule has 0 bridgehead atoms. The van der Waals surface area contributed by atoms with Crippen LogP contribution < -0.4 is 4.90 Å². The Balaban J connectivity index is 1.32. The molecule has 0 saturated carbocycles. The molecule has 7 heteroatoms. The lowest BCUT2D eigenvalue weighted by Gasteiger charge is -2.34. The molecule has 2 aromatic heterocycles. The van der Waals surface area contributed by atoms with E-state index in [-0.39, 0.29) is 5.91 Å². The molecule has 4 aromatic rings. The standard InChI is InChI=1S/C21H20N4OS2/c1-13-11-14(2)18-16(12-13)23-21(28-18)25-9-7-24(8-10-25)20(26)19-22-15-5-3-4-6-17(15)27-19/h3-6,11-12H,7-10H2,1-2H3. The maximum absolute atomic E-state index is 12.9. The van der Waals surface area contributed by atoms with Crippen LogP contribution in [-0.2, 0) is 0 Å². The van der Waals surface area contributed by atoms with Crippen molar-refractivity contribution in [1.82, 2.24) is 14.9 Å². The van der Waals surface area contributed by atoms with Crippen LogP contribution in [0.4, 0.5) is 5.13 Å². The number of amides is 1. The summed E-state index contributed by atoms with van der Waals surface area (Å²) < 4.78 is 2.32. The van der Waals surface area contributed by atoms with E-state index in [1.807, 2.05) is 29.2 Å². The van der Waals surface area contributed by atoms with Gasteiger partial charge in [-0.15, -0.1) is 11.3 Å². The van der Waals surface area contributed by atoms with Crippen molar-refractivity contribution in [3.8, 4) is 0 Å². The molecular weight excluding hydrogens is 388 g/mol. The molecule has 5 rings (SSSR count). The van der Waals surface area contributed by atoms with Crippen molar-refractivity contribution in [3.63, 3.8) is 0 Å². The molecule has 0 N–H and O–H groups in total. The minimum absolute atomic E-state index is 0.0385. The summed E-state index contributed by atoms with van der Waals surface area (Å²) in [4.78, 5) is 26.4. The van der Waals surface area contributed by atoms with E-state index in [1.165, 1.54) is 27.2 Å². The van der Waals surface area contributed by atoms with Crippen molar-refractivity contribution in [2.24, 2.45) is 0 Å². The summed E-state index contributed by atoms with van der Waals surface area (Å²) in [6, 6.07) is 12.3. The van der Waals surface area contributed by atoms with Gasteiger partial charge in [0.05, 0.1) is 20.4 Å². The maximum Gasteiger partial charge on any atom is 0.282 e. The van der Waals surface area contributed by atoms with Crippen LogP contribution in [0.1, 0.15) is 20.9 Å². The highest BCUT2D eigenvalue weighted by Gasteiger charge is 2.26. The molecule has 28 heavy (non-hydrogen) atoms. The van der Waals surface area contributed by atoms with E-state index >= 15 is 0 Å². The molecule has 0 unspecified atom stereocenters. The zero-order chi connectivity index (χ0) is 19.3. The van der Waals surface area contributed by atoms with Gasteiger partial charge in [-0.25, -0.2) is 9.97 Å². The van der Waals surface area contributed by atoms with Crippen LogP contribution in [0, 0.1) is 13.8 Å². The normalized spacial score (nSPS) is 14.9. The van der Waals surface area contributed by atoms with Crippen LogP contribution in [0.5, 0.6) is 0 Å². The number of aryl methyl sites for hydroxylation is 2. The molecule has 0 atom stereocenters. The highest BCUT2D eigenvalue weighted by Crippen LogP contribution is 2.32. The number of hydrogen-bond donors (Lipinski definition) is 0. The first-order chi connectivity index (χ1) is 13.6. The van der Waals surface area contributed by atoms with Crippen LogP contribution >= 0.6 is 22.7 Å². The lowest BCUT2D eigenvalue weighted by atomic mass is 10.1. The Bertz CT molecular complexity index is 1150. The summed E-state index contributed by atoms with van der Waals surface area (Å²) in [5, 5.41) is 1.64. The Morgan fingerprint density at radius 1 is 0.964 bits per heavy atom. The molecule has 1 aliphatic heterocycles. The van der Waals surface area contributed by atoms with Crippen LogP contribution in [0.2, 0.25) is 0 Å². The molecule has 5 nitrogen and oxygen atoms in total. The third-order valence-corrected chi connectivity index (χ3v) is 7.41. The van der Waals surface area contributed by atoms with Crippen molar-refractivity contribution in [2.45, 2.75) is 13.8 Å². The monoisotopic (exact) mass is 408 g/mol. The van der Waals surface area contributed by atoms with Gasteiger partial charge in [0.25, 0.3) is 5.91 Å². The Kier molecular flexibility index (Phi) is 4.29. The van der Waals surface area contributed by atoms with Gasteiger partial charge in [-0.3, -0.25) is 4.79 Å². The number of carbonyl (C=O) groups is 1. The van der Waals surface area contributed by atoms with Crippen molar-refractivity contribution < 1.29 is 4.79 Å². The lowest BCUT2D eigenvalue weighted by molar-refractivity contribution is 0.0746. The van der Waals surface area contributed by atoms with E-state index in [1.54, 1.807) is 11.3 Å². The molecule has 1 amide bonds. The number of hydrogen-bond acceptors (Lipinski definition) is 6. The fraction of sp³-hybridized carbons (Fsp3) is 0.286. The molecule has 1 aliphatic rings. The molecule has 1 saturated heterocycles. The van der Waals surface area contributed by atoms with Gasteiger partial charge in [0.15, 0.2) is 10.1 Å². The summed E-state index contributed by atoms with van der Waals surface area (Å²) in [6.07, 6.45) is 0. The number of nitrogens with zero attached hydrogens (tertiary/aromatic N) is 4. The van der Waals surface area contributed by atoms with Crippen LogP contribution in [0.15, 0.2) is 36.4 Å². The fourth-order valence-electron chi connectivity index (χ4n) is 3.70. The fourth-order valence-corrected chi connectivity index (χ4v) is 5.70. The van der Waals surface area contributed by atoms with Gasteiger partial charge in [-0.1, -0.05) is 29.5 Å². The Morgan fingerprint density at radius 3 is 2.54 bits per heavy atom. The zero-order valence-electron chi connectivity index (χ0n) is 15.8. The predicted molar refractivity (Wildman–Crippen MR) is 117 cm³/mol. The van der Waals surface area contributed by atoms with E-state index < -0.39 is 0 Å². The zero-order valence-corrected chi connectivity index (χ0v) is 17.4. The second-order valence-electron chi connectivity index (χ2n) is 7.19. The Labute approximate surface area is 171 Å². The number of aromatic nitrogens is 2. The number of anilines is 1. The second kappa shape index (κ2) is 6.83. The van der Waals surface area contributed by atoms with Gasteiger partial charge in [0.2, 0.25) is 0 Å². The predicted octanol–water partition coefficient (Wildman–Crippen LogP) is 4.49. The first-order valence-corrected chi connectivity index (χ1v) is 11.0. The summed E-state index contributed by atoms with van der Waals surface area (Å²) in [5.41, 5.74) is 4.50. The molecule has 0 radical (unpaired) electrons. The Hall–Kier alpha value is -2.51. The number of piperazine rings is 1. The van der Waals surface area contributed by atoms with Crippen LogP contribution in [0.3, 0.4) is 0 Å². The average molecular weight is 409 g/mol. The number of benzene rings is 2. The number of carbonyl (C=O) groups excluding carboxylic acids is 1. The van der Waals surface area contributed by atoms with E-state index in [4.69, 9.17) is 4.98 Å². The highest BCUT2D eigenvalue weighted by atomic mass is 32.1. The van der Waals surface area contributed by atoms with E-state index in [0.29, 0.717) is 18.1 Å². The first-order valence-electron chi connectivity index (χ1n) is 9.36. The van der Waals surface area contributed by atoms with Crippen molar-refractivity contribution in [3.05, 3.63) is 52.5 Å². The number of para-hydroxylation sites is 1. The van der Waals surface area contributed by atoms with Gasteiger partial charge >= 0.3 is 0 Å². The molecule has 0 aliphatic carbocycles. The topological polar surface area (TPSA) is 49.3 Å². The minimum Gasteiger partial charge on any atom is -0.345 e. The SMILES string of the molecule is Cc1cc(C)c2sc(N3CCN(C(=O)c4nc5ccccc5s4)CC3)nc2c1. The van der Waals surface area contributed by atoms with Gasteiger partial charge in [0.1, 0.15) is 0 Å². The number of thiazole rings is 2. The van der Waals surface area contributed by atoms with Gasteiger partial charge in [-0.2, -0.15) is 0 Å². The van der Waals surface area contributed by atoms with E-state index in [0.717, 1.165) is 34.0 Å². The third-order valence-electron chi connectivity index (χ3n) is 5.12. The quantitative estimate of drug-likeness (QED) is 0.490. The second-order valence-corrected chi connectivity index (χ2v) is 9.20. The van der Waals surface area contributed by atoms with Crippen LogP contribution in [-0.4, -0.2) is 47.0 Å². The van der Waals surface area contributed by atoms with Crippen molar-refractivity contribution in [2.75, 3.05) is 31.1 Å². The van der Waals surface area contributed by atoms with Gasteiger partial charge in [0, 0.05) is 26.2 Å². The lowest BCUT2D eigenvalue weighted by Crippen LogP contribution is -2.48. The first kappa shape index (κ1) is 17.6. The summed E-state index contributed by atoms with van der Waals surface area (Å²) in [5.74, 6) is 0.0385. The van der Waals surface area contributed by atoms with E-state index in [2.05, 4.69) is 35.9 Å². The average Bonchev–Trinajstić information content (AvgIpc) is 3.32. The van der Waals surface area contributed by atoms with E-state index in [9.17, 15) is 4.79 Å². The largest absolute Gasteiger partial charge is 0.345 e. The number of fused-ring (bicyclic) bond motifs is 2. The Morgan fingerprint density at radius 2 is 1.75 bits per heavy atom. The molecule has 1 fully saturated rings. The third kappa shape index (κ3) is 3.04. The summed E-state index contributed by atoms with van der Waals surface area (Å²) >= 11 is 3.23. The summed E-state index contributed by atoms with van der Waals surface area (Å²) in [7, 11) is 0. The van der Waals surface area contributed by atoms with Gasteiger partial charge in [-0.05, 0) is 43.2 Å². The van der Waals surface area contributed by atoms with Crippen LogP contribution in [0.25, 0.3) is 20.4 Å². The highest BCUT2D eigenvalue weighted by molar-refractivity contribution is 7.22. The van der Waals surface area contributed by atoms with Crippen molar-refractivity contribution in [1.29, 1.82) is 0 Å². The molecule has 0 spiro atoms. The van der Waals surface area contributed by atoms with Crippen molar-refractivity contribution >= 4 is 54.1 Å². The molecule has 3 heterocycles. The van der Waals surface area contributed by atoms with Gasteiger partial charge < -0.3 is 9.80 Å². The molecule has 2 aromatic carbocycles. The smallest absolute Gasteiger partial charge is 0.282 e.